The highest BCUT2D eigenvalue weighted by atomic mass is 16.6. The van der Waals surface area contributed by atoms with Crippen molar-refractivity contribution in [3.63, 3.8) is 0 Å². The van der Waals surface area contributed by atoms with Gasteiger partial charge in [-0.25, -0.2) is 4.79 Å². The molecule has 0 spiro atoms. The van der Waals surface area contributed by atoms with Crippen LogP contribution in [-0.4, -0.2) is 28.9 Å². The van der Waals surface area contributed by atoms with Gasteiger partial charge in [0, 0.05) is 0 Å². The van der Waals surface area contributed by atoms with Gasteiger partial charge in [0.2, 0.25) is 0 Å². The van der Waals surface area contributed by atoms with Crippen LogP contribution in [0.3, 0.4) is 0 Å². The standard InChI is InChI=1S/C23H37NO3/c1-17(19-13-9-6-10-14-19)15-21(25)20(16-18-11-7-5-8-12-18)24-22(26)27-23(2,3)4/h6,9-10,13-14,17-18,20-21,25H,5,7-8,11-12,15-16H2,1-4H3,(H,24,26)/t17-,20+,21-/m1/s1. The van der Waals surface area contributed by atoms with Crippen molar-refractivity contribution in [3.8, 4) is 0 Å². The first-order valence-corrected chi connectivity index (χ1v) is 10.5. The summed E-state index contributed by atoms with van der Waals surface area (Å²) in [5, 5.41) is 13.9. The third-order valence-corrected chi connectivity index (χ3v) is 5.44. The van der Waals surface area contributed by atoms with Crippen LogP contribution < -0.4 is 5.32 Å². The quantitative estimate of drug-likeness (QED) is 0.670. The molecule has 1 aliphatic carbocycles. The first kappa shape index (κ1) is 21.7. The van der Waals surface area contributed by atoms with Crippen molar-refractivity contribution in [2.24, 2.45) is 5.92 Å². The third-order valence-electron chi connectivity index (χ3n) is 5.44. The number of alkyl carbamates (subject to hydrolysis) is 1. The molecule has 1 saturated carbocycles. The number of amides is 1. The van der Waals surface area contributed by atoms with E-state index < -0.39 is 17.8 Å². The Morgan fingerprint density at radius 2 is 1.81 bits per heavy atom. The number of hydrogen-bond acceptors (Lipinski definition) is 3. The molecule has 2 N–H and O–H groups in total. The van der Waals surface area contributed by atoms with Crippen molar-refractivity contribution >= 4 is 6.09 Å². The zero-order valence-corrected chi connectivity index (χ0v) is 17.4. The van der Waals surface area contributed by atoms with Gasteiger partial charge < -0.3 is 15.2 Å². The highest BCUT2D eigenvalue weighted by Gasteiger charge is 2.29. The van der Waals surface area contributed by atoms with Gasteiger partial charge in [-0.15, -0.1) is 0 Å². The second kappa shape index (κ2) is 10.1. The van der Waals surface area contributed by atoms with Crippen LogP contribution in [0.1, 0.15) is 84.1 Å². The summed E-state index contributed by atoms with van der Waals surface area (Å²) in [6.07, 6.45) is 6.60. The fraction of sp³-hybridized carbons (Fsp3) is 0.696. The molecule has 1 aromatic carbocycles. The third kappa shape index (κ3) is 7.92. The van der Waals surface area contributed by atoms with Gasteiger partial charge >= 0.3 is 6.09 Å². The number of rotatable bonds is 7. The van der Waals surface area contributed by atoms with Crippen molar-refractivity contribution < 1.29 is 14.6 Å². The molecule has 0 unspecified atom stereocenters. The van der Waals surface area contributed by atoms with E-state index in [-0.39, 0.29) is 12.0 Å². The Bertz CT molecular complexity index is 561. The maximum Gasteiger partial charge on any atom is 0.407 e. The van der Waals surface area contributed by atoms with Gasteiger partial charge in [0.1, 0.15) is 5.60 Å². The molecule has 27 heavy (non-hydrogen) atoms. The molecule has 0 radical (unpaired) electrons. The number of aliphatic hydroxyl groups is 1. The van der Waals surface area contributed by atoms with Crippen molar-refractivity contribution in [3.05, 3.63) is 35.9 Å². The topological polar surface area (TPSA) is 58.6 Å². The molecule has 0 heterocycles. The molecule has 152 valence electrons. The van der Waals surface area contributed by atoms with E-state index in [9.17, 15) is 9.90 Å². The molecule has 1 fully saturated rings. The highest BCUT2D eigenvalue weighted by molar-refractivity contribution is 5.68. The number of carbonyl (C=O) groups excluding carboxylic acids is 1. The summed E-state index contributed by atoms with van der Waals surface area (Å²) < 4.78 is 5.44. The minimum absolute atomic E-state index is 0.232. The predicted molar refractivity (Wildman–Crippen MR) is 110 cm³/mol. The van der Waals surface area contributed by atoms with Crippen LogP contribution in [0, 0.1) is 5.92 Å². The van der Waals surface area contributed by atoms with Crippen molar-refractivity contribution in [2.45, 2.75) is 96.3 Å². The smallest absolute Gasteiger partial charge is 0.407 e. The van der Waals surface area contributed by atoms with Crippen LogP contribution in [0.25, 0.3) is 0 Å². The number of hydrogen-bond donors (Lipinski definition) is 2. The zero-order chi connectivity index (χ0) is 19.9. The Hall–Kier alpha value is -1.55. The molecule has 4 heteroatoms. The minimum Gasteiger partial charge on any atom is -0.444 e. The number of benzene rings is 1. The van der Waals surface area contributed by atoms with Crippen LogP contribution >= 0.6 is 0 Å². The fourth-order valence-electron chi connectivity index (χ4n) is 4.00. The van der Waals surface area contributed by atoms with E-state index in [1.54, 1.807) is 0 Å². The molecule has 1 aromatic rings. The first-order valence-electron chi connectivity index (χ1n) is 10.5. The highest BCUT2D eigenvalue weighted by Crippen LogP contribution is 2.30. The zero-order valence-electron chi connectivity index (χ0n) is 17.4. The van der Waals surface area contributed by atoms with Crippen molar-refractivity contribution in [1.82, 2.24) is 5.32 Å². The van der Waals surface area contributed by atoms with Crippen molar-refractivity contribution in [2.75, 3.05) is 0 Å². The lowest BCUT2D eigenvalue weighted by molar-refractivity contribution is 0.0372. The molecular formula is C23H37NO3. The summed E-state index contributed by atoms with van der Waals surface area (Å²) in [4.78, 5) is 12.3. The monoisotopic (exact) mass is 375 g/mol. The minimum atomic E-state index is -0.588. The molecule has 0 bridgehead atoms. The maximum atomic E-state index is 12.3. The van der Waals surface area contributed by atoms with Gasteiger partial charge in [-0.2, -0.15) is 0 Å². The van der Waals surface area contributed by atoms with Crippen LogP contribution in [0.15, 0.2) is 30.3 Å². The maximum absolute atomic E-state index is 12.3. The van der Waals surface area contributed by atoms with Gasteiger partial charge in [0.15, 0.2) is 0 Å². The molecule has 1 aliphatic rings. The van der Waals surface area contributed by atoms with Crippen LogP contribution in [0.4, 0.5) is 4.79 Å². The summed E-state index contributed by atoms with van der Waals surface area (Å²) >= 11 is 0. The van der Waals surface area contributed by atoms with E-state index in [4.69, 9.17) is 4.74 Å². The van der Waals surface area contributed by atoms with Gasteiger partial charge in [-0.05, 0) is 51.0 Å². The normalized spacial score (nSPS) is 19.1. The van der Waals surface area contributed by atoms with Gasteiger partial charge in [0.05, 0.1) is 12.1 Å². The SMILES string of the molecule is C[C@H](C[C@@H](O)[C@H](CC1CCCCC1)NC(=O)OC(C)(C)C)c1ccccc1. The second-order valence-corrected chi connectivity index (χ2v) is 9.11. The molecule has 1 amide bonds. The lowest BCUT2D eigenvalue weighted by Crippen LogP contribution is -2.47. The van der Waals surface area contributed by atoms with E-state index in [1.165, 1.54) is 37.7 Å². The number of nitrogens with one attached hydrogen (secondary N) is 1. The molecular weight excluding hydrogens is 338 g/mol. The molecule has 0 saturated heterocycles. The average Bonchev–Trinajstić information content (AvgIpc) is 2.61. The Labute approximate surface area is 164 Å². The Balaban J connectivity index is 2.01. The summed E-state index contributed by atoms with van der Waals surface area (Å²) in [5.74, 6) is 0.802. The van der Waals surface area contributed by atoms with Crippen LogP contribution in [0.2, 0.25) is 0 Å². The summed E-state index contributed by atoms with van der Waals surface area (Å²) in [6.45, 7) is 7.70. The predicted octanol–water partition coefficient (Wildman–Crippen LogP) is 5.40. The Kier molecular flexibility index (Phi) is 8.15. The van der Waals surface area contributed by atoms with Gasteiger partial charge in [0.25, 0.3) is 0 Å². The molecule has 2 rings (SSSR count). The van der Waals surface area contributed by atoms with Crippen molar-refractivity contribution in [1.29, 1.82) is 0 Å². The van der Waals surface area contributed by atoms with Gasteiger partial charge in [-0.1, -0.05) is 69.4 Å². The summed E-state index contributed by atoms with van der Waals surface area (Å²) in [6, 6.07) is 9.97. The largest absolute Gasteiger partial charge is 0.444 e. The molecule has 4 nitrogen and oxygen atoms in total. The molecule has 0 aromatic heterocycles. The van der Waals surface area contributed by atoms with E-state index >= 15 is 0 Å². The molecule has 3 atom stereocenters. The molecule has 0 aliphatic heterocycles. The summed E-state index contributed by atoms with van der Waals surface area (Å²) in [7, 11) is 0. The Morgan fingerprint density at radius 3 is 2.41 bits per heavy atom. The lowest BCUT2D eigenvalue weighted by atomic mass is 9.82. The summed E-state index contributed by atoms with van der Waals surface area (Å²) in [5.41, 5.74) is 0.673. The van der Waals surface area contributed by atoms with E-state index in [2.05, 4.69) is 24.4 Å². The van der Waals surface area contributed by atoms with Crippen LogP contribution in [0.5, 0.6) is 0 Å². The fourth-order valence-corrected chi connectivity index (χ4v) is 4.00. The second-order valence-electron chi connectivity index (χ2n) is 9.11. The van der Waals surface area contributed by atoms with Gasteiger partial charge in [-0.3, -0.25) is 0 Å². The van der Waals surface area contributed by atoms with E-state index in [0.29, 0.717) is 12.3 Å². The van der Waals surface area contributed by atoms with Crippen LogP contribution in [-0.2, 0) is 4.74 Å². The number of carbonyl (C=O) groups is 1. The van der Waals surface area contributed by atoms with E-state index in [1.807, 2.05) is 39.0 Å². The Morgan fingerprint density at radius 1 is 1.19 bits per heavy atom. The number of aliphatic hydroxyl groups excluding tert-OH is 1. The average molecular weight is 376 g/mol. The van der Waals surface area contributed by atoms with E-state index in [0.717, 1.165) is 6.42 Å². The lowest BCUT2D eigenvalue weighted by Gasteiger charge is -2.32. The number of ether oxygens (including phenoxy) is 1. The first-order chi connectivity index (χ1) is 12.7.